The predicted molar refractivity (Wildman–Crippen MR) is 119 cm³/mol. The number of aromatic nitrogens is 3. The van der Waals surface area contributed by atoms with Crippen LogP contribution < -0.4 is 10.6 Å². The minimum Gasteiger partial charge on any atom is -0.325 e. The van der Waals surface area contributed by atoms with Gasteiger partial charge in [0.2, 0.25) is 11.8 Å². The van der Waals surface area contributed by atoms with Gasteiger partial charge in [-0.2, -0.15) is 0 Å². The van der Waals surface area contributed by atoms with Gasteiger partial charge in [-0.1, -0.05) is 48.2 Å². The van der Waals surface area contributed by atoms with Crippen LogP contribution in [0.2, 0.25) is 0 Å². The number of hydrogen-bond donors (Lipinski definition) is 2. The average Bonchev–Trinajstić information content (AvgIpc) is 3.15. The number of aryl methyl sites for hydroxylation is 1. The van der Waals surface area contributed by atoms with E-state index >= 15 is 0 Å². The van der Waals surface area contributed by atoms with E-state index in [9.17, 15) is 14.0 Å². The van der Waals surface area contributed by atoms with Crippen LogP contribution in [-0.4, -0.2) is 32.3 Å². The van der Waals surface area contributed by atoms with Crippen molar-refractivity contribution in [3.63, 3.8) is 0 Å². The summed E-state index contributed by atoms with van der Waals surface area (Å²) in [6.07, 6.45) is 2.13. The predicted octanol–water partition coefficient (Wildman–Crippen LogP) is 3.91. The average molecular weight is 440 g/mol. The molecule has 2 amide bonds. The zero-order chi connectivity index (χ0) is 22.1. The molecule has 0 bridgehead atoms. The third-order valence-electron chi connectivity index (χ3n) is 4.22. The summed E-state index contributed by atoms with van der Waals surface area (Å²) < 4.78 is 15.5. The van der Waals surface area contributed by atoms with Gasteiger partial charge in [-0.05, 0) is 24.3 Å². The van der Waals surface area contributed by atoms with Crippen LogP contribution in [0.15, 0.2) is 72.4 Å². The Kier molecular flexibility index (Phi) is 7.94. The van der Waals surface area contributed by atoms with Crippen LogP contribution in [-0.2, 0) is 22.6 Å². The van der Waals surface area contributed by atoms with Crippen LogP contribution in [0.5, 0.6) is 0 Å². The number of benzene rings is 2. The van der Waals surface area contributed by atoms with Gasteiger partial charge >= 0.3 is 0 Å². The van der Waals surface area contributed by atoms with Gasteiger partial charge in [-0.3, -0.25) is 9.59 Å². The van der Waals surface area contributed by atoms with Crippen LogP contribution in [0, 0.1) is 5.82 Å². The number of hydrogen-bond acceptors (Lipinski definition) is 5. The van der Waals surface area contributed by atoms with E-state index in [0.29, 0.717) is 23.9 Å². The van der Waals surface area contributed by atoms with E-state index in [0.717, 1.165) is 5.69 Å². The number of nitrogens with one attached hydrogen (secondary N) is 2. The van der Waals surface area contributed by atoms with Gasteiger partial charge in [0.15, 0.2) is 5.16 Å². The second-order valence-electron chi connectivity index (χ2n) is 6.53. The van der Waals surface area contributed by atoms with Crippen molar-refractivity contribution in [1.82, 2.24) is 14.8 Å². The molecular formula is C22H22FN5O2S. The molecule has 3 aromatic rings. The van der Waals surface area contributed by atoms with Crippen molar-refractivity contribution >= 4 is 35.0 Å². The molecule has 0 atom stereocenters. The molecule has 0 saturated carbocycles. The lowest BCUT2D eigenvalue weighted by Gasteiger charge is -2.09. The van der Waals surface area contributed by atoms with Gasteiger partial charge in [0, 0.05) is 25.1 Å². The number of amides is 2. The molecule has 3 rings (SSSR count). The third-order valence-corrected chi connectivity index (χ3v) is 5.19. The van der Waals surface area contributed by atoms with Crippen molar-refractivity contribution in [2.24, 2.45) is 0 Å². The number of anilines is 2. The van der Waals surface area contributed by atoms with Gasteiger partial charge in [0.1, 0.15) is 11.6 Å². The number of para-hydroxylation sites is 2. The second-order valence-corrected chi connectivity index (χ2v) is 7.47. The Morgan fingerprint density at radius 3 is 2.52 bits per heavy atom. The first-order valence-corrected chi connectivity index (χ1v) is 10.6. The fraction of sp³-hybridized carbons (Fsp3) is 0.182. The first kappa shape index (κ1) is 22.2. The minimum atomic E-state index is -0.488. The molecule has 0 aliphatic carbocycles. The Morgan fingerprint density at radius 1 is 1.03 bits per heavy atom. The van der Waals surface area contributed by atoms with Crippen LogP contribution in [0.1, 0.15) is 12.2 Å². The maximum Gasteiger partial charge on any atom is 0.234 e. The molecule has 0 radical (unpaired) electrons. The van der Waals surface area contributed by atoms with E-state index < -0.39 is 5.82 Å². The number of thioether (sulfide) groups is 1. The Morgan fingerprint density at radius 2 is 1.77 bits per heavy atom. The van der Waals surface area contributed by atoms with E-state index in [2.05, 4.69) is 27.4 Å². The van der Waals surface area contributed by atoms with Crippen molar-refractivity contribution in [2.45, 2.75) is 24.5 Å². The zero-order valence-electron chi connectivity index (χ0n) is 16.8. The second kappa shape index (κ2) is 11.1. The van der Waals surface area contributed by atoms with Crippen molar-refractivity contribution in [1.29, 1.82) is 0 Å². The Labute approximate surface area is 183 Å². The highest BCUT2D eigenvalue weighted by atomic mass is 32.2. The molecule has 31 heavy (non-hydrogen) atoms. The summed E-state index contributed by atoms with van der Waals surface area (Å²) in [7, 11) is 0. The monoisotopic (exact) mass is 439 g/mol. The van der Waals surface area contributed by atoms with E-state index in [1.165, 1.54) is 23.9 Å². The first-order valence-electron chi connectivity index (χ1n) is 9.62. The smallest absolute Gasteiger partial charge is 0.234 e. The number of halogens is 1. The molecular weight excluding hydrogens is 417 g/mol. The van der Waals surface area contributed by atoms with Crippen molar-refractivity contribution in [2.75, 3.05) is 16.4 Å². The molecule has 0 aliphatic rings. The standard InChI is InChI=1S/C22H22FN5O2S/c1-2-14-28-19(12-13-20(29)25-18-11-7-6-10-17(18)23)26-27-22(28)31-15-21(30)24-16-8-4-3-5-9-16/h2-11H,1,12-15H2,(H,24,30)(H,25,29). The van der Waals surface area contributed by atoms with Crippen LogP contribution in [0.25, 0.3) is 0 Å². The van der Waals surface area contributed by atoms with Gasteiger partial charge in [0.05, 0.1) is 11.4 Å². The summed E-state index contributed by atoms with van der Waals surface area (Å²) >= 11 is 1.25. The number of rotatable bonds is 10. The molecule has 1 aromatic heterocycles. The van der Waals surface area contributed by atoms with Gasteiger partial charge < -0.3 is 15.2 Å². The molecule has 0 aliphatic heterocycles. The normalized spacial score (nSPS) is 10.5. The lowest BCUT2D eigenvalue weighted by molar-refractivity contribution is -0.116. The fourth-order valence-corrected chi connectivity index (χ4v) is 3.54. The summed E-state index contributed by atoms with van der Waals surface area (Å²) in [5, 5.41) is 14.2. The van der Waals surface area contributed by atoms with Crippen LogP contribution in [0.4, 0.5) is 15.8 Å². The summed E-state index contributed by atoms with van der Waals surface area (Å²) in [6, 6.07) is 15.2. The fourth-order valence-electron chi connectivity index (χ4n) is 2.77. The van der Waals surface area contributed by atoms with E-state index in [1.54, 1.807) is 18.2 Å². The van der Waals surface area contributed by atoms with Crippen LogP contribution >= 0.6 is 11.8 Å². The Balaban J connectivity index is 1.56. The topological polar surface area (TPSA) is 88.9 Å². The van der Waals surface area contributed by atoms with E-state index in [1.807, 2.05) is 34.9 Å². The lowest BCUT2D eigenvalue weighted by Crippen LogP contribution is -2.16. The first-order chi connectivity index (χ1) is 15.1. The number of carbonyl (C=O) groups excluding carboxylic acids is 2. The SMILES string of the molecule is C=CCn1c(CCC(=O)Nc2ccccc2F)nnc1SCC(=O)Nc1ccccc1. The number of nitrogens with zero attached hydrogens (tertiary/aromatic N) is 3. The molecule has 2 aromatic carbocycles. The molecule has 1 heterocycles. The maximum absolute atomic E-state index is 13.7. The summed E-state index contributed by atoms with van der Waals surface area (Å²) in [6.45, 7) is 4.19. The van der Waals surface area contributed by atoms with E-state index in [4.69, 9.17) is 0 Å². The Bertz CT molecular complexity index is 1060. The number of carbonyl (C=O) groups is 2. The molecule has 0 saturated heterocycles. The molecule has 160 valence electrons. The summed E-state index contributed by atoms with van der Waals surface area (Å²) in [5.74, 6) is -0.213. The Hall–Kier alpha value is -3.46. The van der Waals surface area contributed by atoms with Crippen molar-refractivity contribution < 1.29 is 14.0 Å². The third kappa shape index (κ3) is 6.51. The zero-order valence-corrected chi connectivity index (χ0v) is 17.6. The summed E-state index contributed by atoms with van der Waals surface area (Å²) in [4.78, 5) is 24.4. The largest absolute Gasteiger partial charge is 0.325 e. The van der Waals surface area contributed by atoms with Gasteiger partial charge in [-0.15, -0.1) is 16.8 Å². The quantitative estimate of drug-likeness (QED) is 0.369. The molecule has 0 fully saturated rings. The van der Waals surface area contributed by atoms with Gasteiger partial charge in [-0.25, -0.2) is 4.39 Å². The van der Waals surface area contributed by atoms with Crippen molar-refractivity contribution in [3.8, 4) is 0 Å². The maximum atomic E-state index is 13.7. The van der Waals surface area contributed by atoms with Gasteiger partial charge in [0.25, 0.3) is 0 Å². The van der Waals surface area contributed by atoms with Crippen molar-refractivity contribution in [3.05, 3.63) is 78.9 Å². The number of allylic oxidation sites excluding steroid dienone is 1. The van der Waals surface area contributed by atoms with Crippen LogP contribution in [0.3, 0.4) is 0 Å². The highest BCUT2D eigenvalue weighted by Gasteiger charge is 2.15. The summed E-state index contributed by atoms with van der Waals surface area (Å²) in [5.41, 5.74) is 0.864. The molecule has 7 nitrogen and oxygen atoms in total. The highest BCUT2D eigenvalue weighted by Crippen LogP contribution is 2.19. The lowest BCUT2D eigenvalue weighted by atomic mass is 10.2. The minimum absolute atomic E-state index is 0.114. The molecule has 9 heteroatoms. The highest BCUT2D eigenvalue weighted by molar-refractivity contribution is 7.99. The molecule has 0 unspecified atom stereocenters. The van der Waals surface area contributed by atoms with E-state index in [-0.39, 0.29) is 29.7 Å². The molecule has 2 N–H and O–H groups in total. The molecule has 0 spiro atoms.